The van der Waals surface area contributed by atoms with Gasteiger partial charge < -0.3 is 14.5 Å². The van der Waals surface area contributed by atoms with E-state index >= 15 is 0 Å². The second-order valence-electron chi connectivity index (χ2n) is 7.74. The fourth-order valence-corrected chi connectivity index (χ4v) is 3.81. The van der Waals surface area contributed by atoms with Crippen molar-refractivity contribution in [3.05, 3.63) is 54.1 Å². The van der Waals surface area contributed by atoms with E-state index in [1.54, 1.807) is 0 Å². The standard InChI is InChI=1S/C24H29N5O2/c1-3-4-7-18-10-12-19(13-11-18)28-14-16-29(17-15-28)24(30)27-22-23(31-2)26-21-9-6-5-8-20(21)25-22/h5-6,8-13H,3-4,7,14-17H2,1-2H3,(H,25,27,30). The Morgan fingerprint density at radius 1 is 1.00 bits per heavy atom. The number of hydrogen-bond acceptors (Lipinski definition) is 5. The number of piperazine rings is 1. The van der Waals surface area contributed by atoms with Gasteiger partial charge in [0, 0.05) is 31.9 Å². The molecule has 31 heavy (non-hydrogen) atoms. The van der Waals surface area contributed by atoms with Crippen molar-refractivity contribution in [1.82, 2.24) is 14.9 Å². The maximum absolute atomic E-state index is 12.8. The molecule has 2 aromatic carbocycles. The number of methoxy groups -OCH3 is 1. The molecular formula is C24H29N5O2. The van der Waals surface area contributed by atoms with E-state index in [2.05, 4.69) is 51.4 Å². The molecule has 162 valence electrons. The Kier molecular flexibility index (Phi) is 6.50. The van der Waals surface area contributed by atoms with E-state index in [4.69, 9.17) is 4.74 Å². The molecule has 7 heteroatoms. The summed E-state index contributed by atoms with van der Waals surface area (Å²) in [5, 5.41) is 2.87. The summed E-state index contributed by atoms with van der Waals surface area (Å²) >= 11 is 0. The zero-order valence-corrected chi connectivity index (χ0v) is 18.2. The van der Waals surface area contributed by atoms with Gasteiger partial charge >= 0.3 is 6.03 Å². The van der Waals surface area contributed by atoms with Crippen LogP contribution in [0.3, 0.4) is 0 Å². The molecule has 3 aromatic rings. The van der Waals surface area contributed by atoms with Gasteiger partial charge in [-0.05, 0) is 42.7 Å². The number of nitrogens with one attached hydrogen (secondary N) is 1. The highest BCUT2D eigenvalue weighted by Crippen LogP contribution is 2.24. The molecule has 1 N–H and O–H groups in total. The van der Waals surface area contributed by atoms with E-state index in [0.29, 0.717) is 30.3 Å². The van der Waals surface area contributed by atoms with Crippen LogP contribution < -0.4 is 15.0 Å². The first-order valence-corrected chi connectivity index (χ1v) is 10.9. The lowest BCUT2D eigenvalue weighted by molar-refractivity contribution is 0.208. The monoisotopic (exact) mass is 419 g/mol. The largest absolute Gasteiger partial charge is 0.478 e. The molecular weight excluding hydrogens is 390 g/mol. The Labute approximate surface area is 183 Å². The highest BCUT2D eigenvalue weighted by Gasteiger charge is 2.23. The summed E-state index contributed by atoms with van der Waals surface area (Å²) in [6.45, 7) is 5.09. The predicted octanol–water partition coefficient (Wildman–Crippen LogP) is 4.34. The topological polar surface area (TPSA) is 70.6 Å². The van der Waals surface area contributed by atoms with Crippen LogP contribution in [0.15, 0.2) is 48.5 Å². The van der Waals surface area contributed by atoms with Gasteiger partial charge in [-0.25, -0.2) is 14.8 Å². The number of ether oxygens (including phenoxy) is 1. The van der Waals surface area contributed by atoms with Crippen molar-refractivity contribution in [2.24, 2.45) is 0 Å². The summed E-state index contributed by atoms with van der Waals surface area (Å²) in [5.74, 6) is 0.658. The summed E-state index contributed by atoms with van der Waals surface area (Å²) < 4.78 is 5.34. The van der Waals surface area contributed by atoms with Crippen LogP contribution in [0.1, 0.15) is 25.3 Å². The normalized spacial score (nSPS) is 14.0. The van der Waals surface area contributed by atoms with Gasteiger partial charge in [-0.15, -0.1) is 0 Å². The van der Waals surface area contributed by atoms with Crippen LogP contribution in [0, 0.1) is 0 Å². The van der Waals surface area contributed by atoms with Gasteiger partial charge in [0.05, 0.1) is 18.1 Å². The second kappa shape index (κ2) is 9.64. The number of carbonyl (C=O) groups is 1. The molecule has 0 radical (unpaired) electrons. The van der Waals surface area contributed by atoms with Crippen LogP contribution in [0.4, 0.5) is 16.3 Å². The smallest absolute Gasteiger partial charge is 0.323 e. The molecule has 2 heterocycles. The third-order valence-electron chi connectivity index (χ3n) is 5.64. The first-order chi connectivity index (χ1) is 15.2. The quantitative estimate of drug-likeness (QED) is 0.644. The Balaban J connectivity index is 1.37. The first kappa shape index (κ1) is 20.9. The van der Waals surface area contributed by atoms with E-state index in [0.717, 1.165) is 25.0 Å². The van der Waals surface area contributed by atoms with Crippen molar-refractivity contribution >= 4 is 28.6 Å². The van der Waals surface area contributed by atoms with Gasteiger partial charge in [0.1, 0.15) is 0 Å². The molecule has 0 aliphatic carbocycles. The van der Waals surface area contributed by atoms with Crippen molar-refractivity contribution in [2.45, 2.75) is 26.2 Å². The average molecular weight is 420 g/mol. The van der Waals surface area contributed by atoms with Crippen LogP contribution in [0.2, 0.25) is 0 Å². The fraction of sp³-hybridized carbons (Fsp3) is 0.375. The number of aryl methyl sites for hydroxylation is 1. The molecule has 1 aliphatic rings. The Hall–Kier alpha value is -3.35. The number of rotatable bonds is 6. The van der Waals surface area contributed by atoms with Crippen LogP contribution in [0.25, 0.3) is 11.0 Å². The number of urea groups is 1. The number of carbonyl (C=O) groups excluding carboxylic acids is 1. The first-order valence-electron chi connectivity index (χ1n) is 10.9. The van der Waals surface area contributed by atoms with Crippen LogP contribution in [-0.4, -0.2) is 54.2 Å². The average Bonchev–Trinajstić information content (AvgIpc) is 2.82. The van der Waals surface area contributed by atoms with Gasteiger partial charge in [-0.2, -0.15) is 0 Å². The van der Waals surface area contributed by atoms with Crippen molar-refractivity contribution in [3.8, 4) is 5.88 Å². The molecule has 1 aliphatic heterocycles. The number of hydrogen-bond donors (Lipinski definition) is 1. The Morgan fingerprint density at radius 3 is 2.32 bits per heavy atom. The zero-order valence-electron chi connectivity index (χ0n) is 18.2. The molecule has 0 unspecified atom stereocenters. The fourth-order valence-electron chi connectivity index (χ4n) is 3.81. The summed E-state index contributed by atoms with van der Waals surface area (Å²) in [5.41, 5.74) is 4.04. The van der Waals surface area contributed by atoms with Gasteiger partial charge in [0.2, 0.25) is 0 Å². The van der Waals surface area contributed by atoms with Crippen LogP contribution >= 0.6 is 0 Å². The van der Waals surface area contributed by atoms with Crippen molar-refractivity contribution in [2.75, 3.05) is 43.5 Å². The lowest BCUT2D eigenvalue weighted by atomic mass is 10.1. The molecule has 1 aromatic heterocycles. The van der Waals surface area contributed by atoms with E-state index in [-0.39, 0.29) is 6.03 Å². The lowest BCUT2D eigenvalue weighted by Crippen LogP contribution is -2.50. The minimum Gasteiger partial charge on any atom is -0.478 e. The van der Waals surface area contributed by atoms with Gasteiger partial charge in [-0.1, -0.05) is 37.6 Å². The molecule has 4 rings (SSSR count). The predicted molar refractivity (Wildman–Crippen MR) is 124 cm³/mol. The van der Waals surface area contributed by atoms with Gasteiger partial charge in [0.25, 0.3) is 5.88 Å². The summed E-state index contributed by atoms with van der Waals surface area (Å²) in [4.78, 5) is 25.9. The minimum absolute atomic E-state index is 0.183. The van der Waals surface area contributed by atoms with Crippen molar-refractivity contribution < 1.29 is 9.53 Å². The summed E-state index contributed by atoms with van der Waals surface area (Å²) in [6.07, 6.45) is 3.56. The molecule has 0 bridgehead atoms. The van der Waals surface area contributed by atoms with Gasteiger partial charge in [-0.3, -0.25) is 5.32 Å². The minimum atomic E-state index is -0.183. The van der Waals surface area contributed by atoms with E-state index < -0.39 is 0 Å². The molecule has 0 atom stereocenters. The number of nitrogens with zero attached hydrogens (tertiary/aromatic N) is 4. The highest BCUT2D eigenvalue weighted by atomic mass is 16.5. The number of para-hydroxylation sites is 2. The molecule has 1 fully saturated rings. The third kappa shape index (κ3) is 4.87. The molecule has 0 saturated carbocycles. The van der Waals surface area contributed by atoms with E-state index in [9.17, 15) is 4.79 Å². The molecule has 7 nitrogen and oxygen atoms in total. The van der Waals surface area contributed by atoms with E-state index in [1.165, 1.54) is 31.2 Å². The SMILES string of the molecule is CCCCc1ccc(N2CCN(C(=O)Nc3nc4ccccc4nc3OC)CC2)cc1. The van der Waals surface area contributed by atoms with Crippen molar-refractivity contribution in [1.29, 1.82) is 0 Å². The van der Waals surface area contributed by atoms with E-state index in [1.807, 2.05) is 29.2 Å². The molecule has 1 saturated heterocycles. The van der Waals surface area contributed by atoms with Crippen LogP contribution in [-0.2, 0) is 6.42 Å². The van der Waals surface area contributed by atoms with Crippen molar-refractivity contribution in [3.63, 3.8) is 0 Å². The number of unbranched alkanes of at least 4 members (excludes halogenated alkanes) is 1. The number of aromatic nitrogens is 2. The maximum Gasteiger partial charge on any atom is 0.323 e. The Bertz CT molecular complexity index is 1030. The number of fused-ring (bicyclic) bond motifs is 1. The number of anilines is 2. The third-order valence-corrected chi connectivity index (χ3v) is 5.64. The molecule has 2 amide bonds. The second-order valence-corrected chi connectivity index (χ2v) is 7.74. The Morgan fingerprint density at radius 2 is 1.68 bits per heavy atom. The highest BCUT2D eigenvalue weighted by molar-refractivity contribution is 5.91. The van der Waals surface area contributed by atoms with Crippen LogP contribution in [0.5, 0.6) is 5.88 Å². The maximum atomic E-state index is 12.8. The van der Waals surface area contributed by atoms with Gasteiger partial charge in [0.15, 0.2) is 5.82 Å². The number of benzene rings is 2. The number of amides is 2. The lowest BCUT2D eigenvalue weighted by Gasteiger charge is -2.36. The summed E-state index contributed by atoms with van der Waals surface area (Å²) in [6, 6.07) is 16.2. The molecule has 0 spiro atoms. The summed E-state index contributed by atoms with van der Waals surface area (Å²) in [7, 11) is 1.53. The zero-order chi connectivity index (χ0) is 21.6.